The number of ketones is 1. The Bertz CT molecular complexity index is 783. The van der Waals surface area contributed by atoms with Gasteiger partial charge in [0.25, 0.3) is 0 Å². The zero-order valence-corrected chi connectivity index (χ0v) is 13.1. The maximum Gasteiger partial charge on any atom is 0.236 e. The number of para-hydroxylation sites is 1. The largest absolute Gasteiger partial charge is 0.325 e. The summed E-state index contributed by atoms with van der Waals surface area (Å²) in [6.45, 7) is 2.04. The van der Waals surface area contributed by atoms with Crippen molar-refractivity contribution >= 4 is 17.4 Å². The molecule has 1 spiro atoms. The topological polar surface area (TPSA) is 46.2 Å². The van der Waals surface area contributed by atoms with Crippen LogP contribution in [0.1, 0.15) is 36.8 Å². The van der Waals surface area contributed by atoms with Gasteiger partial charge in [-0.3, -0.25) is 9.59 Å². The molecule has 0 saturated heterocycles. The number of carbonyl (C=O) groups is 2. The molecule has 2 aromatic rings. The third kappa shape index (κ3) is 1.83. The molecule has 2 aliphatic rings. The summed E-state index contributed by atoms with van der Waals surface area (Å²) >= 11 is 0. The molecule has 0 bridgehead atoms. The summed E-state index contributed by atoms with van der Waals surface area (Å²) in [6, 6.07) is 17.8. The average molecular weight is 305 g/mol. The minimum Gasteiger partial charge on any atom is -0.325 e. The first-order valence-electron chi connectivity index (χ1n) is 8.17. The van der Waals surface area contributed by atoms with Crippen LogP contribution < -0.4 is 5.32 Å². The first-order chi connectivity index (χ1) is 11.2. The Morgan fingerprint density at radius 2 is 1.74 bits per heavy atom. The monoisotopic (exact) mass is 305 g/mol. The highest BCUT2D eigenvalue weighted by molar-refractivity contribution is 6.11. The highest BCUT2D eigenvalue weighted by Gasteiger charge is 2.61. The van der Waals surface area contributed by atoms with Gasteiger partial charge in [0.15, 0.2) is 0 Å². The minimum atomic E-state index is -0.754. The zero-order chi connectivity index (χ0) is 16.0. The molecule has 3 heteroatoms. The van der Waals surface area contributed by atoms with Gasteiger partial charge in [0.2, 0.25) is 5.91 Å². The minimum absolute atomic E-state index is 0.0307. The Hall–Kier alpha value is -2.42. The fraction of sp³-hybridized carbons (Fsp3) is 0.300. The van der Waals surface area contributed by atoms with Crippen molar-refractivity contribution in [3.05, 3.63) is 65.7 Å². The molecule has 116 valence electrons. The molecule has 3 atom stereocenters. The van der Waals surface area contributed by atoms with Crippen LogP contribution in [-0.4, -0.2) is 11.7 Å². The van der Waals surface area contributed by atoms with Crippen LogP contribution in [0.2, 0.25) is 0 Å². The van der Waals surface area contributed by atoms with Crippen molar-refractivity contribution in [1.82, 2.24) is 0 Å². The van der Waals surface area contributed by atoms with Gasteiger partial charge in [-0.1, -0.05) is 55.5 Å². The van der Waals surface area contributed by atoms with Gasteiger partial charge < -0.3 is 5.32 Å². The van der Waals surface area contributed by atoms with Crippen LogP contribution in [-0.2, 0) is 15.0 Å². The lowest BCUT2D eigenvalue weighted by Crippen LogP contribution is -2.38. The predicted octanol–water partition coefficient (Wildman–Crippen LogP) is 3.66. The smallest absolute Gasteiger partial charge is 0.236 e. The third-order valence-electron chi connectivity index (χ3n) is 5.46. The van der Waals surface area contributed by atoms with E-state index in [4.69, 9.17) is 0 Å². The van der Waals surface area contributed by atoms with Gasteiger partial charge >= 0.3 is 0 Å². The molecular weight excluding hydrogens is 286 g/mol. The van der Waals surface area contributed by atoms with Crippen LogP contribution in [0.4, 0.5) is 5.69 Å². The molecule has 0 radical (unpaired) electrons. The second kappa shape index (κ2) is 5.05. The lowest BCUT2D eigenvalue weighted by molar-refractivity contribution is -0.124. The van der Waals surface area contributed by atoms with E-state index in [1.54, 1.807) is 0 Å². The number of anilines is 1. The van der Waals surface area contributed by atoms with Gasteiger partial charge in [0.05, 0.1) is 5.41 Å². The molecule has 1 N–H and O–H groups in total. The van der Waals surface area contributed by atoms with Gasteiger partial charge in [-0.15, -0.1) is 0 Å². The van der Waals surface area contributed by atoms with E-state index in [0.717, 1.165) is 23.2 Å². The van der Waals surface area contributed by atoms with Crippen molar-refractivity contribution in [2.45, 2.75) is 31.1 Å². The van der Waals surface area contributed by atoms with Gasteiger partial charge in [0, 0.05) is 23.9 Å². The van der Waals surface area contributed by atoms with E-state index in [9.17, 15) is 9.59 Å². The van der Waals surface area contributed by atoms with Gasteiger partial charge in [0.1, 0.15) is 5.78 Å². The van der Waals surface area contributed by atoms with Crippen LogP contribution in [0, 0.1) is 5.92 Å². The van der Waals surface area contributed by atoms with E-state index in [2.05, 4.69) is 5.32 Å². The molecule has 0 unspecified atom stereocenters. The molecule has 1 aliphatic carbocycles. The van der Waals surface area contributed by atoms with E-state index >= 15 is 0 Å². The highest BCUT2D eigenvalue weighted by atomic mass is 16.2. The quantitative estimate of drug-likeness (QED) is 0.920. The van der Waals surface area contributed by atoms with Crippen LogP contribution in [0.3, 0.4) is 0 Å². The molecule has 1 fully saturated rings. The van der Waals surface area contributed by atoms with E-state index in [0.29, 0.717) is 6.42 Å². The van der Waals surface area contributed by atoms with E-state index < -0.39 is 5.41 Å². The van der Waals surface area contributed by atoms with Gasteiger partial charge in [-0.2, -0.15) is 0 Å². The van der Waals surface area contributed by atoms with Crippen molar-refractivity contribution < 1.29 is 9.59 Å². The Kier molecular flexibility index (Phi) is 3.12. The Morgan fingerprint density at radius 1 is 1.04 bits per heavy atom. The molecule has 23 heavy (non-hydrogen) atoms. The van der Waals surface area contributed by atoms with Gasteiger partial charge in [-0.25, -0.2) is 0 Å². The van der Waals surface area contributed by atoms with Crippen molar-refractivity contribution in [3.63, 3.8) is 0 Å². The maximum absolute atomic E-state index is 13.0. The summed E-state index contributed by atoms with van der Waals surface area (Å²) < 4.78 is 0. The summed E-state index contributed by atoms with van der Waals surface area (Å²) in [5, 5.41) is 3.00. The van der Waals surface area contributed by atoms with E-state index in [-0.39, 0.29) is 23.5 Å². The average Bonchev–Trinajstić information content (AvgIpc) is 3.03. The molecule has 1 amide bonds. The Morgan fingerprint density at radius 3 is 2.48 bits per heavy atom. The first kappa shape index (κ1) is 14.2. The first-order valence-corrected chi connectivity index (χ1v) is 8.17. The Balaban J connectivity index is 1.96. The second-order valence-electron chi connectivity index (χ2n) is 6.52. The molecule has 4 rings (SSSR count). The van der Waals surface area contributed by atoms with Crippen LogP contribution >= 0.6 is 0 Å². The molecule has 1 heterocycles. The number of rotatable bonds is 2. The standard InChI is InChI=1S/C20H19NO2/c1-2-14-17(22)12-20(18(14)13-8-4-3-5-9-13)15-10-6-7-11-16(15)21-19(20)23/h3-11,14,18H,2,12H2,1H3,(H,21,23)/t14-,18+,20-/m1/s1. The van der Waals surface area contributed by atoms with Crippen molar-refractivity contribution in [1.29, 1.82) is 0 Å². The lowest BCUT2D eigenvalue weighted by atomic mass is 9.68. The van der Waals surface area contributed by atoms with E-state index in [1.165, 1.54) is 0 Å². The summed E-state index contributed by atoms with van der Waals surface area (Å²) in [5.41, 5.74) is 2.15. The highest BCUT2D eigenvalue weighted by Crippen LogP contribution is 2.57. The zero-order valence-electron chi connectivity index (χ0n) is 13.1. The number of Topliss-reactive ketones (excluding diaryl/α,β-unsaturated/α-hetero) is 1. The predicted molar refractivity (Wildman–Crippen MR) is 89.3 cm³/mol. The van der Waals surface area contributed by atoms with Crippen LogP contribution in [0.15, 0.2) is 54.6 Å². The molecule has 1 saturated carbocycles. The third-order valence-corrected chi connectivity index (χ3v) is 5.46. The second-order valence-corrected chi connectivity index (χ2v) is 6.52. The summed E-state index contributed by atoms with van der Waals surface area (Å²) in [6.07, 6.45) is 1.06. The van der Waals surface area contributed by atoms with Crippen LogP contribution in [0.25, 0.3) is 0 Å². The summed E-state index contributed by atoms with van der Waals surface area (Å²) in [4.78, 5) is 25.7. The SMILES string of the molecule is CC[C@@H]1C(=O)C[C@]2(C(=O)Nc3ccccc32)[C@H]1c1ccccc1. The summed E-state index contributed by atoms with van der Waals surface area (Å²) in [7, 11) is 0. The number of benzene rings is 2. The number of hydrogen-bond donors (Lipinski definition) is 1. The number of carbonyl (C=O) groups excluding carboxylic acids is 2. The van der Waals surface area contributed by atoms with Crippen LogP contribution in [0.5, 0.6) is 0 Å². The molecule has 0 aromatic heterocycles. The number of nitrogens with one attached hydrogen (secondary N) is 1. The molecule has 3 nitrogen and oxygen atoms in total. The fourth-order valence-electron chi connectivity index (χ4n) is 4.51. The molecular formula is C20H19NO2. The van der Waals surface area contributed by atoms with Crippen molar-refractivity contribution in [3.8, 4) is 0 Å². The molecule has 1 aliphatic heterocycles. The van der Waals surface area contributed by atoms with Crippen molar-refractivity contribution in [2.24, 2.45) is 5.92 Å². The Labute approximate surface area is 135 Å². The number of fused-ring (bicyclic) bond motifs is 2. The normalized spacial score (nSPS) is 28.9. The van der Waals surface area contributed by atoms with Crippen molar-refractivity contribution in [2.75, 3.05) is 5.32 Å². The van der Waals surface area contributed by atoms with E-state index in [1.807, 2.05) is 61.5 Å². The lowest BCUT2D eigenvalue weighted by Gasteiger charge is -2.31. The summed E-state index contributed by atoms with van der Waals surface area (Å²) in [5.74, 6) is -0.0239. The van der Waals surface area contributed by atoms with Gasteiger partial charge in [-0.05, 0) is 23.6 Å². The molecule has 2 aromatic carbocycles. The fourth-order valence-corrected chi connectivity index (χ4v) is 4.51. The number of amides is 1. The number of hydrogen-bond acceptors (Lipinski definition) is 2. The maximum atomic E-state index is 13.0.